The van der Waals surface area contributed by atoms with Crippen LogP contribution in [0.2, 0.25) is 0 Å². The number of fused-ring (bicyclic) bond motifs is 1. The van der Waals surface area contributed by atoms with Crippen LogP contribution in [0.3, 0.4) is 0 Å². The van der Waals surface area contributed by atoms with E-state index in [4.69, 9.17) is 5.11 Å². The number of carbonyl (C=O) groups excluding carboxylic acids is 1. The summed E-state index contributed by atoms with van der Waals surface area (Å²) in [4.78, 5) is 22.6. The number of benzene rings is 2. The van der Waals surface area contributed by atoms with Crippen LogP contribution in [-0.4, -0.2) is 28.8 Å². The lowest BCUT2D eigenvalue weighted by Crippen LogP contribution is -2.29. The van der Waals surface area contributed by atoms with E-state index in [2.05, 4.69) is 17.2 Å². The van der Waals surface area contributed by atoms with Crippen molar-refractivity contribution in [2.75, 3.05) is 11.9 Å². The van der Waals surface area contributed by atoms with Gasteiger partial charge in [0.2, 0.25) is 0 Å². The second kappa shape index (κ2) is 8.01. The summed E-state index contributed by atoms with van der Waals surface area (Å²) in [5.74, 6) is -0.824. The van der Waals surface area contributed by atoms with E-state index in [1.54, 1.807) is 30.3 Å². The molecule has 4 N–H and O–H groups in total. The van der Waals surface area contributed by atoms with Crippen molar-refractivity contribution >= 4 is 28.5 Å². The predicted molar refractivity (Wildman–Crippen MR) is 93.3 cm³/mol. The molecule has 0 bridgehead atoms. The molecule has 126 valence electrons. The Morgan fingerprint density at radius 1 is 1.04 bits per heavy atom. The molecule has 0 unspecified atom stereocenters. The van der Waals surface area contributed by atoms with Crippen LogP contribution in [0.25, 0.3) is 10.8 Å². The van der Waals surface area contributed by atoms with Gasteiger partial charge in [-0.15, -0.1) is 0 Å². The Bertz CT molecular complexity index is 771. The largest absolute Gasteiger partial charge is 0.507 e. The standard InChI is InChI=1S/C18H20N2O4/c1-12(17(22)23)6-2-3-11-19-18(24)20-15-9-4-8-14-13(15)7-5-10-16(14)21/h4-5,7-10,21H,1-3,6,11H2,(H,22,23)(H2,19,20,24). The summed E-state index contributed by atoms with van der Waals surface area (Å²) in [5, 5.41) is 25.4. The Morgan fingerprint density at radius 2 is 1.75 bits per heavy atom. The molecule has 2 aromatic carbocycles. The molecule has 0 heterocycles. The highest BCUT2D eigenvalue weighted by Crippen LogP contribution is 2.29. The summed E-state index contributed by atoms with van der Waals surface area (Å²) in [6.07, 6.45) is 1.71. The molecular weight excluding hydrogens is 308 g/mol. The fourth-order valence-electron chi connectivity index (χ4n) is 2.34. The molecule has 0 aliphatic carbocycles. The first-order valence-corrected chi connectivity index (χ1v) is 7.65. The van der Waals surface area contributed by atoms with Crippen LogP contribution in [0.15, 0.2) is 48.6 Å². The molecule has 0 aromatic heterocycles. The topological polar surface area (TPSA) is 98.7 Å². The number of amides is 2. The van der Waals surface area contributed by atoms with Crippen LogP contribution in [0.4, 0.5) is 10.5 Å². The smallest absolute Gasteiger partial charge is 0.330 e. The quantitative estimate of drug-likeness (QED) is 0.462. The summed E-state index contributed by atoms with van der Waals surface area (Å²) in [5.41, 5.74) is 0.787. The first-order valence-electron chi connectivity index (χ1n) is 7.65. The van der Waals surface area contributed by atoms with Gasteiger partial charge in [0.05, 0.1) is 5.69 Å². The second-order valence-corrected chi connectivity index (χ2v) is 5.42. The van der Waals surface area contributed by atoms with Gasteiger partial charge >= 0.3 is 12.0 Å². The first kappa shape index (κ1) is 17.3. The SMILES string of the molecule is C=C(CCCCNC(=O)Nc1cccc2c(O)cccc12)C(=O)O. The van der Waals surface area contributed by atoms with Gasteiger partial charge in [-0.3, -0.25) is 0 Å². The Morgan fingerprint density at radius 3 is 2.50 bits per heavy atom. The van der Waals surface area contributed by atoms with Gasteiger partial charge < -0.3 is 20.8 Å². The van der Waals surface area contributed by atoms with Gasteiger partial charge in [-0.1, -0.05) is 30.8 Å². The number of aromatic hydroxyl groups is 1. The number of phenols is 1. The molecule has 0 atom stereocenters. The molecule has 2 aromatic rings. The van der Waals surface area contributed by atoms with Crippen molar-refractivity contribution < 1.29 is 19.8 Å². The summed E-state index contributed by atoms with van der Waals surface area (Å²) in [6, 6.07) is 10.1. The molecule has 24 heavy (non-hydrogen) atoms. The van der Waals surface area contributed by atoms with E-state index in [1.807, 2.05) is 6.07 Å². The Balaban J connectivity index is 1.84. The van der Waals surface area contributed by atoms with E-state index in [0.29, 0.717) is 36.9 Å². The van der Waals surface area contributed by atoms with Gasteiger partial charge in [0.25, 0.3) is 0 Å². The third-order valence-electron chi connectivity index (χ3n) is 3.64. The van der Waals surface area contributed by atoms with Crippen LogP contribution in [-0.2, 0) is 4.79 Å². The second-order valence-electron chi connectivity index (χ2n) is 5.42. The van der Waals surface area contributed by atoms with Gasteiger partial charge in [-0.2, -0.15) is 0 Å². The lowest BCUT2D eigenvalue weighted by atomic mass is 10.1. The van der Waals surface area contributed by atoms with E-state index >= 15 is 0 Å². The average molecular weight is 328 g/mol. The fourth-order valence-corrected chi connectivity index (χ4v) is 2.34. The number of anilines is 1. The van der Waals surface area contributed by atoms with Crippen LogP contribution >= 0.6 is 0 Å². The third-order valence-corrected chi connectivity index (χ3v) is 3.64. The number of nitrogens with one attached hydrogen (secondary N) is 2. The minimum Gasteiger partial charge on any atom is -0.507 e. The zero-order valence-corrected chi connectivity index (χ0v) is 13.2. The third kappa shape index (κ3) is 4.49. The summed E-state index contributed by atoms with van der Waals surface area (Å²) < 4.78 is 0. The minimum absolute atomic E-state index is 0.162. The molecule has 0 radical (unpaired) electrons. The number of hydrogen-bond donors (Lipinski definition) is 4. The van der Waals surface area contributed by atoms with Gasteiger partial charge in [-0.25, -0.2) is 9.59 Å². The maximum absolute atomic E-state index is 11.9. The summed E-state index contributed by atoms with van der Waals surface area (Å²) in [6.45, 7) is 3.90. The highest BCUT2D eigenvalue weighted by atomic mass is 16.4. The van der Waals surface area contributed by atoms with Crippen LogP contribution < -0.4 is 10.6 Å². The van der Waals surface area contributed by atoms with Crippen LogP contribution in [0.5, 0.6) is 5.75 Å². The molecule has 0 aliphatic heterocycles. The number of rotatable bonds is 7. The molecule has 2 amide bonds. The molecule has 0 saturated heterocycles. The van der Waals surface area contributed by atoms with E-state index in [0.717, 1.165) is 5.39 Å². The molecular formula is C18H20N2O4. The van der Waals surface area contributed by atoms with E-state index in [-0.39, 0.29) is 17.4 Å². The Kier molecular flexibility index (Phi) is 5.78. The Labute approximate surface area is 139 Å². The maximum Gasteiger partial charge on any atom is 0.330 e. The molecule has 6 heteroatoms. The Hall–Kier alpha value is -3.02. The first-order chi connectivity index (χ1) is 11.5. The molecule has 0 spiro atoms. The van der Waals surface area contributed by atoms with E-state index in [1.165, 1.54) is 0 Å². The fraction of sp³-hybridized carbons (Fsp3) is 0.222. The monoisotopic (exact) mass is 328 g/mol. The van der Waals surface area contributed by atoms with Gasteiger partial charge in [0.15, 0.2) is 0 Å². The van der Waals surface area contributed by atoms with Crippen molar-refractivity contribution in [3.8, 4) is 5.75 Å². The zero-order valence-electron chi connectivity index (χ0n) is 13.2. The highest BCUT2D eigenvalue weighted by molar-refractivity contribution is 6.03. The number of carboxylic acid groups (broad SMARTS) is 1. The summed E-state index contributed by atoms with van der Waals surface area (Å²) >= 11 is 0. The van der Waals surface area contributed by atoms with Gasteiger partial charge in [-0.05, 0) is 31.4 Å². The van der Waals surface area contributed by atoms with E-state index in [9.17, 15) is 14.7 Å². The number of hydrogen-bond acceptors (Lipinski definition) is 3. The zero-order chi connectivity index (χ0) is 17.5. The van der Waals surface area contributed by atoms with Crippen molar-refractivity contribution in [3.05, 3.63) is 48.6 Å². The molecule has 0 aliphatic rings. The lowest BCUT2D eigenvalue weighted by molar-refractivity contribution is -0.132. The number of aliphatic carboxylic acids is 1. The van der Waals surface area contributed by atoms with Gasteiger partial charge in [0, 0.05) is 22.9 Å². The average Bonchev–Trinajstić information content (AvgIpc) is 2.55. The van der Waals surface area contributed by atoms with Gasteiger partial charge in [0.1, 0.15) is 5.75 Å². The highest BCUT2D eigenvalue weighted by Gasteiger charge is 2.07. The molecule has 2 rings (SSSR count). The minimum atomic E-state index is -0.986. The van der Waals surface area contributed by atoms with E-state index < -0.39 is 5.97 Å². The number of urea groups is 1. The van der Waals surface area contributed by atoms with Crippen molar-refractivity contribution in [3.63, 3.8) is 0 Å². The number of carboxylic acids is 1. The number of unbranched alkanes of at least 4 members (excludes halogenated alkanes) is 1. The normalized spacial score (nSPS) is 10.3. The van der Waals surface area contributed by atoms with Crippen molar-refractivity contribution in [2.24, 2.45) is 0 Å². The predicted octanol–water partition coefficient (Wildman–Crippen LogP) is 3.48. The van der Waals surface area contributed by atoms with Crippen LogP contribution in [0, 0.1) is 0 Å². The van der Waals surface area contributed by atoms with Crippen LogP contribution in [0.1, 0.15) is 19.3 Å². The maximum atomic E-state index is 11.9. The molecule has 0 saturated carbocycles. The molecule has 0 fully saturated rings. The number of carbonyl (C=O) groups is 2. The number of phenolic OH excluding ortho intramolecular Hbond substituents is 1. The van der Waals surface area contributed by atoms with Crippen molar-refractivity contribution in [1.82, 2.24) is 5.32 Å². The van der Waals surface area contributed by atoms with Crippen molar-refractivity contribution in [2.45, 2.75) is 19.3 Å². The summed E-state index contributed by atoms with van der Waals surface area (Å²) in [7, 11) is 0. The molecule has 6 nitrogen and oxygen atoms in total. The van der Waals surface area contributed by atoms with Crippen molar-refractivity contribution in [1.29, 1.82) is 0 Å². The lowest BCUT2D eigenvalue weighted by Gasteiger charge is -2.10.